The molecule has 0 atom stereocenters. The fourth-order valence-corrected chi connectivity index (χ4v) is 2.81. The Balaban J connectivity index is 1.48. The Morgan fingerprint density at radius 3 is 2.71 bits per heavy atom. The Labute approximate surface area is 160 Å². The Morgan fingerprint density at radius 2 is 1.96 bits per heavy atom. The smallest absolute Gasteiger partial charge is 0.247 e. The van der Waals surface area contributed by atoms with Gasteiger partial charge in [-0.1, -0.05) is 18.2 Å². The van der Waals surface area contributed by atoms with Crippen molar-refractivity contribution in [3.63, 3.8) is 0 Å². The van der Waals surface area contributed by atoms with E-state index >= 15 is 0 Å². The third kappa shape index (κ3) is 3.80. The summed E-state index contributed by atoms with van der Waals surface area (Å²) in [6.45, 7) is 1.88. The zero-order valence-corrected chi connectivity index (χ0v) is 15.1. The maximum absolute atomic E-state index is 13.1. The lowest BCUT2D eigenvalue weighted by molar-refractivity contribution is -0.116. The van der Waals surface area contributed by atoms with E-state index in [1.807, 2.05) is 25.1 Å². The molecule has 1 amide bonds. The first-order valence-corrected chi connectivity index (χ1v) is 8.65. The van der Waals surface area contributed by atoms with Crippen molar-refractivity contribution in [3.05, 3.63) is 78.6 Å². The van der Waals surface area contributed by atoms with Gasteiger partial charge in [0.25, 0.3) is 0 Å². The van der Waals surface area contributed by atoms with Crippen LogP contribution in [0, 0.1) is 12.7 Å². The number of aryl methyl sites for hydroxylation is 1. The zero-order chi connectivity index (χ0) is 19.5. The summed E-state index contributed by atoms with van der Waals surface area (Å²) in [5.74, 6) is 0.608. The quantitative estimate of drug-likeness (QED) is 0.580. The van der Waals surface area contributed by atoms with Gasteiger partial charge in [-0.05, 0) is 36.8 Å². The highest BCUT2D eigenvalue weighted by Crippen LogP contribution is 2.19. The van der Waals surface area contributed by atoms with Crippen LogP contribution >= 0.6 is 0 Å². The minimum absolute atomic E-state index is 0.0354. The molecule has 1 aromatic carbocycles. The average Bonchev–Trinajstić information content (AvgIpc) is 3.29. The highest BCUT2D eigenvalue weighted by molar-refractivity contribution is 5.90. The second-order valence-corrected chi connectivity index (χ2v) is 6.25. The van der Waals surface area contributed by atoms with Gasteiger partial charge in [0.15, 0.2) is 5.82 Å². The third-order valence-electron chi connectivity index (χ3n) is 4.08. The van der Waals surface area contributed by atoms with Crippen LogP contribution in [0.15, 0.2) is 67.1 Å². The molecule has 7 nitrogen and oxygen atoms in total. The van der Waals surface area contributed by atoms with Crippen molar-refractivity contribution in [3.8, 4) is 16.9 Å². The molecule has 0 fully saturated rings. The summed E-state index contributed by atoms with van der Waals surface area (Å²) >= 11 is 0. The van der Waals surface area contributed by atoms with Crippen LogP contribution < -0.4 is 5.32 Å². The van der Waals surface area contributed by atoms with Crippen molar-refractivity contribution in [2.24, 2.45) is 0 Å². The average molecular weight is 376 g/mol. The summed E-state index contributed by atoms with van der Waals surface area (Å²) in [6, 6.07) is 13.4. The molecular formula is C20H17FN6O. The summed E-state index contributed by atoms with van der Waals surface area (Å²) in [4.78, 5) is 16.7. The van der Waals surface area contributed by atoms with Gasteiger partial charge in [-0.15, -0.1) is 0 Å². The molecule has 28 heavy (non-hydrogen) atoms. The number of hydrogen-bond donors (Lipinski definition) is 1. The first-order valence-electron chi connectivity index (χ1n) is 8.65. The van der Waals surface area contributed by atoms with E-state index in [2.05, 4.69) is 20.5 Å². The SMILES string of the molecule is Cc1cc(NC(=O)Cn2cc(-c3ccc(F)cc3)cn2)n(-c2ccccn2)n1. The molecule has 0 spiro atoms. The molecule has 0 radical (unpaired) electrons. The predicted octanol–water partition coefficient (Wildman–Crippen LogP) is 3.22. The van der Waals surface area contributed by atoms with E-state index in [1.165, 1.54) is 16.8 Å². The lowest BCUT2D eigenvalue weighted by Crippen LogP contribution is -2.21. The Bertz CT molecular complexity index is 1100. The van der Waals surface area contributed by atoms with Crippen LogP contribution in [0.2, 0.25) is 0 Å². The predicted molar refractivity (Wildman–Crippen MR) is 102 cm³/mol. The van der Waals surface area contributed by atoms with Crippen molar-refractivity contribution in [2.75, 3.05) is 5.32 Å². The fourth-order valence-electron chi connectivity index (χ4n) is 2.81. The maximum Gasteiger partial charge on any atom is 0.247 e. The highest BCUT2D eigenvalue weighted by atomic mass is 19.1. The third-order valence-corrected chi connectivity index (χ3v) is 4.08. The van der Waals surface area contributed by atoms with Gasteiger partial charge in [0, 0.05) is 24.0 Å². The molecule has 1 N–H and O–H groups in total. The number of aromatic nitrogens is 5. The standard InChI is InChI=1S/C20H17FN6O/c1-14-10-19(27(25-14)18-4-2-3-9-22-18)24-20(28)13-26-12-16(11-23-26)15-5-7-17(21)8-6-15/h2-12H,13H2,1H3,(H,24,28). The second-order valence-electron chi connectivity index (χ2n) is 6.25. The number of pyridine rings is 1. The van der Waals surface area contributed by atoms with Gasteiger partial charge in [0.2, 0.25) is 5.91 Å². The summed E-state index contributed by atoms with van der Waals surface area (Å²) in [5, 5.41) is 11.4. The lowest BCUT2D eigenvalue weighted by Gasteiger charge is -2.08. The summed E-state index contributed by atoms with van der Waals surface area (Å²) in [7, 11) is 0. The van der Waals surface area contributed by atoms with Crippen molar-refractivity contribution in [1.82, 2.24) is 24.5 Å². The molecule has 0 aliphatic rings. The maximum atomic E-state index is 13.1. The molecule has 0 aliphatic carbocycles. The molecule has 0 bridgehead atoms. The summed E-state index contributed by atoms with van der Waals surface area (Å²) in [5.41, 5.74) is 2.40. The summed E-state index contributed by atoms with van der Waals surface area (Å²) < 4.78 is 16.2. The molecule has 0 unspecified atom stereocenters. The van der Waals surface area contributed by atoms with Crippen molar-refractivity contribution >= 4 is 11.7 Å². The van der Waals surface area contributed by atoms with E-state index < -0.39 is 0 Å². The summed E-state index contributed by atoms with van der Waals surface area (Å²) in [6.07, 6.45) is 5.05. The lowest BCUT2D eigenvalue weighted by atomic mass is 10.1. The van der Waals surface area contributed by atoms with Gasteiger partial charge in [-0.3, -0.25) is 9.48 Å². The molecular weight excluding hydrogens is 359 g/mol. The number of nitrogens with one attached hydrogen (secondary N) is 1. The highest BCUT2D eigenvalue weighted by Gasteiger charge is 2.13. The second kappa shape index (κ2) is 7.43. The van der Waals surface area contributed by atoms with Gasteiger partial charge in [-0.25, -0.2) is 9.37 Å². The number of benzene rings is 1. The molecule has 0 saturated carbocycles. The number of rotatable bonds is 5. The number of anilines is 1. The minimum atomic E-state index is -0.296. The molecule has 140 valence electrons. The van der Waals surface area contributed by atoms with Crippen molar-refractivity contribution < 1.29 is 9.18 Å². The number of hydrogen-bond acceptors (Lipinski definition) is 4. The van der Waals surface area contributed by atoms with Crippen LogP contribution in [0.3, 0.4) is 0 Å². The molecule has 0 aliphatic heterocycles. The van der Waals surface area contributed by atoms with Crippen LogP contribution in [-0.2, 0) is 11.3 Å². The van der Waals surface area contributed by atoms with E-state index in [0.717, 1.165) is 16.8 Å². The molecule has 0 saturated heterocycles. The Hall–Kier alpha value is -3.81. The van der Waals surface area contributed by atoms with Gasteiger partial charge in [0.05, 0.1) is 11.9 Å². The van der Waals surface area contributed by atoms with E-state index in [-0.39, 0.29) is 18.3 Å². The number of nitrogens with zero attached hydrogens (tertiary/aromatic N) is 5. The molecule has 8 heteroatoms. The zero-order valence-electron chi connectivity index (χ0n) is 15.1. The monoisotopic (exact) mass is 376 g/mol. The number of halogens is 1. The van der Waals surface area contributed by atoms with Crippen LogP contribution in [-0.4, -0.2) is 30.5 Å². The largest absolute Gasteiger partial charge is 0.309 e. The Kier molecular flexibility index (Phi) is 4.67. The molecule has 3 aromatic heterocycles. The Morgan fingerprint density at radius 1 is 1.14 bits per heavy atom. The van der Waals surface area contributed by atoms with E-state index in [1.54, 1.807) is 41.5 Å². The number of carbonyl (C=O) groups is 1. The minimum Gasteiger partial charge on any atom is -0.309 e. The van der Waals surface area contributed by atoms with Crippen LogP contribution in [0.5, 0.6) is 0 Å². The van der Waals surface area contributed by atoms with Crippen molar-refractivity contribution in [1.29, 1.82) is 0 Å². The van der Waals surface area contributed by atoms with Gasteiger partial charge < -0.3 is 5.32 Å². The molecule has 4 rings (SSSR count). The van der Waals surface area contributed by atoms with Gasteiger partial charge in [0.1, 0.15) is 18.2 Å². The first kappa shape index (κ1) is 17.6. The van der Waals surface area contributed by atoms with E-state index in [9.17, 15) is 9.18 Å². The molecule has 4 aromatic rings. The normalized spacial score (nSPS) is 10.8. The van der Waals surface area contributed by atoms with Crippen molar-refractivity contribution in [2.45, 2.75) is 13.5 Å². The molecule has 3 heterocycles. The number of carbonyl (C=O) groups excluding carboxylic acids is 1. The van der Waals surface area contributed by atoms with Gasteiger partial charge in [-0.2, -0.15) is 14.9 Å². The van der Waals surface area contributed by atoms with Crippen LogP contribution in [0.4, 0.5) is 10.2 Å². The first-order chi connectivity index (χ1) is 13.6. The number of amides is 1. The van der Waals surface area contributed by atoms with Gasteiger partial charge >= 0.3 is 0 Å². The topological polar surface area (TPSA) is 77.6 Å². The van der Waals surface area contributed by atoms with E-state index in [4.69, 9.17) is 0 Å². The fraction of sp³-hybridized carbons (Fsp3) is 0.100. The van der Waals surface area contributed by atoms with E-state index in [0.29, 0.717) is 11.6 Å². The van der Waals surface area contributed by atoms with Crippen LogP contribution in [0.1, 0.15) is 5.69 Å². The van der Waals surface area contributed by atoms with Crippen LogP contribution in [0.25, 0.3) is 16.9 Å².